The predicted molar refractivity (Wildman–Crippen MR) is 56.5 cm³/mol. The lowest BCUT2D eigenvalue weighted by Gasteiger charge is -2.26. The number of methoxy groups -OCH3 is 1. The van der Waals surface area contributed by atoms with E-state index in [0.29, 0.717) is 18.3 Å². The van der Waals surface area contributed by atoms with Crippen LogP contribution in [0.5, 0.6) is 0 Å². The molecule has 0 heterocycles. The molecule has 2 saturated carbocycles. The van der Waals surface area contributed by atoms with E-state index >= 15 is 0 Å². The standard InChI is InChI=1S/C12H18O4/c1-3-11(13)16-10-6-7-4-8(10)5-9(7)12(14)15-2/h7-10H,3-6H2,1-2H3. The van der Waals surface area contributed by atoms with Crippen molar-refractivity contribution in [1.82, 2.24) is 0 Å². The third-order valence-electron chi connectivity index (χ3n) is 3.87. The van der Waals surface area contributed by atoms with Crippen LogP contribution < -0.4 is 0 Å². The van der Waals surface area contributed by atoms with E-state index in [1.807, 2.05) is 0 Å². The summed E-state index contributed by atoms with van der Waals surface area (Å²) in [7, 11) is 1.43. The molecule has 0 radical (unpaired) electrons. The van der Waals surface area contributed by atoms with Crippen molar-refractivity contribution in [2.75, 3.05) is 7.11 Å². The topological polar surface area (TPSA) is 52.6 Å². The minimum absolute atomic E-state index is 0.0339. The monoisotopic (exact) mass is 226 g/mol. The summed E-state index contributed by atoms with van der Waals surface area (Å²) in [6, 6.07) is 0. The second kappa shape index (κ2) is 4.44. The van der Waals surface area contributed by atoms with Crippen molar-refractivity contribution in [3.8, 4) is 0 Å². The molecule has 0 aromatic rings. The Kier molecular flexibility index (Phi) is 3.17. The second-order valence-electron chi connectivity index (χ2n) is 4.74. The van der Waals surface area contributed by atoms with Crippen LogP contribution in [0.3, 0.4) is 0 Å². The van der Waals surface area contributed by atoms with Gasteiger partial charge in [-0.3, -0.25) is 9.59 Å². The van der Waals surface area contributed by atoms with Crippen LogP contribution in [-0.2, 0) is 19.1 Å². The molecule has 2 aliphatic carbocycles. The van der Waals surface area contributed by atoms with E-state index in [1.165, 1.54) is 7.11 Å². The van der Waals surface area contributed by atoms with Crippen LogP contribution in [0.15, 0.2) is 0 Å². The van der Waals surface area contributed by atoms with Crippen molar-refractivity contribution in [3.05, 3.63) is 0 Å². The molecule has 90 valence electrons. The van der Waals surface area contributed by atoms with Crippen LogP contribution in [0.1, 0.15) is 32.6 Å². The van der Waals surface area contributed by atoms with E-state index in [2.05, 4.69) is 0 Å². The van der Waals surface area contributed by atoms with Gasteiger partial charge in [0.05, 0.1) is 13.0 Å². The molecule has 0 aromatic heterocycles. The van der Waals surface area contributed by atoms with E-state index in [9.17, 15) is 9.59 Å². The molecule has 0 aromatic carbocycles. The summed E-state index contributed by atoms with van der Waals surface area (Å²) in [4.78, 5) is 22.7. The molecule has 0 saturated heterocycles. The average molecular weight is 226 g/mol. The number of hydrogen-bond donors (Lipinski definition) is 0. The molecule has 4 nitrogen and oxygen atoms in total. The Labute approximate surface area is 95.3 Å². The zero-order valence-corrected chi connectivity index (χ0v) is 9.77. The Morgan fingerprint density at radius 1 is 1.19 bits per heavy atom. The third-order valence-corrected chi connectivity index (χ3v) is 3.87. The summed E-state index contributed by atoms with van der Waals surface area (Å²) in [6.45, 7) is 1.80. The number of rotatable bonds is 3. The van der Waals surface area contributed by atoms with E-state index < -0.39 is 0 Å². The van der Waals surface area contributed by atoms with Gasteiger partial charge in [0.2, 0.25) is 0 Å². The molecule has 2 aliphatic rings. The van der Waals surface area contributed by atoms with Gasteiger partial charge in [0.15, 0.2) is 0 Å². The number of ether oxygens (including phenoxy) is 2. The van der Waals surface area contributed by atoms with E-state index in [0.717, 1.165) is 19.3 Å². The molecule has 4 heteroatoms. The van der Waals surface area contributed by atoms with Crippen molar-refractivity contribution in [2.45, 2.75) is 38.7 Å². The first-order chi connectivity index (χ1) is 7.65. The molecule has 0 spiro atoms. The van der Waals surface area contributed by atoms with Gasteiger partial charge in [0.25, 0.3) is 0 Å². The normalized spacial score (nSPS) is 36.1. The maximum Gasteiger partial charge on any atom is 0.308 e. The van der Waals surface area contributed by atoms with Gasteiger partial charge in [-0.15, -0.1) is 0 Å². The highest BCUT2D eigenvalue weighted by molar-refractivity contribution is 5.73. The first kappa shape index (κ1) is 11.4. The Morgan fingerprint density at radius 2 is 1.94 bits per heavy atom. The zero-order valence-electron chi connectivity index (χ0n) is 9.77. The fourth-order valence-corrected chi connectivity index (χ4v) is 3.06. The summed E-state index contributed by atoms with van der Waals surface area (Å²) in [5, 5.41) is 0. The van der Waals surface area contributed by atoms with Crippen LogP contribution in [0, 0.1) is 17.8 Å². The van der Waals surface area contributed by atoms with Gasteiger partial charge in [0.1, 0.15) is 6.10 Å². The lowest BCUT2D eigenvalue weighted by molar-refractivity contribution is -0.154. The molecule has 0 aliphatic heterocycles. The van der Waals surface area contributed by atoms with E-state index in [1.54, 1.807) is 6.92 Å². The number of carbonyl (C=O) groups excluding carboxylic acids is 2. The van der Waals surface area contributed by atoms with Crippen LogP contribution >= 0.6 is 0 Å². The smallest absolute Gasteiger partial charge is 0.308 e. The van der Waals surface area contributed by atoms with Gasteiger partial charge in [-0.2, -0.15) is 0 Å². The highest BCUT2D eigenvalue weighted by Crippen LogP contribution is 2.50. The van der Waals surface area contributed by atoms with Crippen LogP contribution in [-0.4, -0.2) is 25.2 Å². The van der Waals surface area contributed by atoms with Gasteiger partial charge in [-0.1, -0.05) is 6.92 Å². The number of carbonyl (C=O) groups is 2. The fraction of sp³-hybridized carbons (Fsp3) is 0.833. The minimum Gasteiger partial charge on any atom is -0.469 e. The van der Waals surface area contributed by atoms with Crippen molar-refractivity contribution in [3.63, 3.8) is 0 Å². The first-order valence-corrected chi connectivity index (χ1v) is 5.93. The zero-order chi connectivity index (χ0) is 11.7. The van der Waals surface area contributed by atoms with Gasteiger partial charge < -0.3 is 9.47 Å². The van der Waals surface area contributed by atoms with Crippen LogP contribution in [0.25, 0.3) is 0 Å². The molecule has 4 atom stereocenters. The lowest BCUT2D eigenvalue weighted by Crippen LogP contribution is -2.30. The first-order valence-electron chi connectivity index (χ1n) is 5.93. The van der Waals surface area contributed by atoms with Gasteiger partial charge >= 0.3 is 11.9 Å². The van der Waals surface area contributed by atoms with Crippen LogP contribution in [0.2, 0.25) is 0 Å². The molecule has 4 unspecified atom stereocenters. The Balaban J connectivity index is 1.90. The van der Waals surface area contributed by atoms with Gasteiger partial charge in [0, 0.05) is 6.42 Å². The third kappa shape index (κ3) is 1.93. The second-order valence-corrected chi connectivity index (χ2v) is 4.74. The average Bonchev–Trinajstić information content (AvgIpc) is 2.87. The molecule has 2 bridgehead atoms. The summed E-state index contributed by atoms with van der Waals surface area (Å²) in [6.07, 6.45) is 3.11. The van der Waals surface area contributed by atoms with Gasteiger partial charge in [-0.25, -0.2) is 0 Å². The molecular weight excluding hydrogens is 208 g/mol. The lowest BCUT2D eigenvalue weighted by atomic mass is 9.87. The largest absolute Gasteiger partial charge is 0.469 e. The molecule has 0 amide bonds. The number of esters is 2. The number of hydrogen-bond acceptors (Lipinski definition) is 4. The fourth-order valence-electron chi connectivity index (χ4n) is 3.06. The van der Waals surface area contributed by atoms with E-state index in [-0.39, 0.29) is 24.0 Å². The van der Waals surface area contributed by atoms with Crippen molar-refractivity contribution >= 4 is 11.9 Å². The Morgan fingerprint density at radius 3 is 2.44 bits per heavy atom. The number of fused-ring (bicyclic) bond motifs is 2. The van der Waals surface area contributed by atoms with Crippen molar-refractivity contribution in [1.29, 1.82) is 0 Å². The summed E-state index contributed by atoms with van der Waals surface area (Å²) >= 11 is 0. The van der Waals surface area contributed by atoms with Crippen molar-refractivity contribution < 1.29 is 19.1 Å². The molecule has 2 fully saturated rings. The summed E-state index contributed by atoms with van der Waals surface area (Å²) in [5.41, 5.74) is 0. The van der Waals surface area contributed by atoms with Gasteiger partial charge in [-0.05, 0) is 31.1 Å². The maximum absolute atomic E-state index is 11.5. The highest BCUT2D eigenvalue weighted by atomic mass is 16.5. The van der Waals surface area contributed by atoms with Crippen LogP contribution in [0.4, 0.5) is 0 Å². The summed E-state index contributed by atoms with van der Waals surface area (Å²) < 4.78 is 10.1. The molecule has 0 N–H and O–H groups in total. The minimum atomic E-state index is -0.132. The van der Waals surface area contributed by atoms with E-state index in [4.69, 9.17) is 9.47 Å². The SMILES string of the molecule is CCC(=O)OC1CC2CC1CC2C(=O)OC. The Bertz CT molecular complexity index is 299. The quantitative estimate of drug-likeness (QED) is 0.685. The Hall–Kier alpha value is -1.06. The van der Waals surface area contributed by atoms with Crippen molar-refractivity contribution in [2.24, 2.45) is 17.8 Å². The summed E-state index contributed by atoms with van der Waals surface area (Å²) in [5.74, 6) is 0.517. The molecular formula is C12H18O4. The maximum atomic E-state index is 11.5. The molecule has 16 heavy (non-hydrogen) atoms. The highest BCUT2D eigenvalue weighted by Gasteiger charge is 2.50. The molecule has 2 rings (SSSR count). The predicted octanol–water partition coefficient (Wildman–Crippen LogP) is 1.53.